The third-order valence-electron chi connectivity index (χ3n) is 2.90. The Balaban J connectivity index is 3.04. The van der Waals surface area contributed by atoms with Gasteiger partial charge in [-0.05, 0) is 26.3 Å². The molecule has 0 aliphatic carbocycles. The first-order valence-electron chi connectivity index (χ1n) is 6.31. The van der Waals surface area contributed by atoms with Crippen molar-refractivity contribution >= 4 is 16.0 Å². The van der Waals surface area contributed by atoms with E-state index < -0.39 is 26.8 Å². The minimum Gasteiger partial charge on any atom is -0.469 e. The molecule has 0 aliphatic heterocycles. The van der Waals surface area contributed by atoms with Crippen molar-refractivity contribution in [2.45, 2.75) is 38.0 Å². The van der Waals surface area contributed by atoms with Crippen molar-refractivity contribution in [2.75, 3.05) is 7.11 Å². The predicted molar refractivity (Wildman–Crippen MR) is 77.6 cm³/mol. The molecule has 0 saturated carbocycles. The van der Waals surface area contributed by atoms with Crippen molar-refractivity contribution < 1.29 is 17.9 Å². The van der Waals surface area contributed by atoms with Gasteiger partial charge in [-0.3, -0.25) is 4.79 Å². The molecule has 0 aromatic heterocycles. The van der Waals surface area contributed by atoms with Gasteiger partial charge in [-0.1, -0.05) is 30.3 Å². The zero-order valence-electron chi connectivity index (χ0n) is 12.2. The summed E-state index contributed by atoms with van der Waals surface area (Å²) in [7, 11) is -2.28. The zero-order chi connectivity index (χ0) is 15.4. The van der Waals surface area contributed by atoms with E-state index in [1.54, 1.807) is 45.0 Å². The van der Waals surface area contributed by atoms with Crippen molar-refractivity contribution in [1.82, 2.24) is 4.72 Å². The minimum atomic E-state index is -3.56. The number of carbonyl (C=O) groups is 1. The molecular weight excluding hydrogens is 278 g/mol. The van der Waals surface area contributed by atoms with Crippen molar-refractivity contribution in [2.24, 2.45) is 0 Å². The fourth-order valence-electron chi connectivity index (χ4n) is 1.53. The lowest BCUT2D eigenvalue weighted by atomic mass is 10.1. The molecule has 0 amide bonds. The number of nitrogens with one attached hydrogen (secondary N) is 1. The van der Waals surface area contributed by atoms with Gasteiger partial charge < -0.3 is 4.74 Å². The fraction of sp³-hybridized carbons (Fsp3) is 0.500. The summed E-state index contributed by atoms with van der Waals surface area (Å²) in [4.78, 5) is 11.5. The monoisotopic (exact) mass is 299 g/mol. The quantitative estimate of drug-likeness (QED) is 0.844. The molecule has 1 rings (SSSR count). The molecule has 5 nitrogen and oxygen atoms in total. The lowest BCUT2D eigenvalue weighted by molar-refractivity contribution is -0.141. The van der Waals surface area contributed by atoms with Crippen LogP contribution in [0.2, 0.25) is 0 Å². The molecule has 1 atom stereocenters. The van der Waals surface area contributed by atoms with Gasteiger partial charge in [0.2, 0.25) is 10.0 Å². The van der Waals surface area contributed by atoms with E-state index in [4.69, 9.17) is 0 Å². The Bertz CT molecular complexity index is 546. The Morgan fingerprint density at radius 1 is 1.25 bits per heavy atom. The molecule has 0 bridgehead atoms. The van der Waals surface area contributed by atoms with Crippen molar-refractivity contribution in [3.63, 3.8) is 0 Å². The second kappa shape index (κ2) is 6.37. The Kier molecular flexibility index (Phi) is 5.30. The van der Waals surface area contributed by atoms with E-state index in [1.807, 2.05) is 6.07 Å². The molecule has 0 fully saturated rings. The lowest BCUT2D eigenvalue weighted by Gasteiger charge is -2.25. The van der Waals surface area contributed by atoms with E-state index in [1.165, 1.54) is 7.11 Å². The molecule has 20 heavy (non-hydrogen) atoms. The molecule has 0 unspecified atom stereocenters. The SMILES string of the molecule is COC(=O)C[C@H](NS(=O)(=O)C(C)(C)C)c1ccccc1. The Morgan fingerprint density at radius 2 is 1.80 bits per heavy atom. The van der Waals surface area contributed by atoms with Crippen LogP contribution >= 0.6 is 0 Å². The summed E-state index contributed by atoms with van der Waals surface area (Å²) in [6.07, 6.45) is -0.0458. The van der Waals surface area contributed by atoms with Crippen LogP contribution in [0.5, 0.6) is 0 Å². The van der Waals surface area contributed by atoms with E-state index in [-0.39, 0.29) is 6.42 Å². The molecule has 1 N–H and O–H groups in total. The van der Waals surface area contributed by atoms with Crippen molar-refractivity contribution in [1.29, 1.82) is 0 Å². The highest BCUT2D eigenvalue weighted by atomic mass is 32.2. The first kappa shape index (κ1) is 16.7. The largest absolute Gasteiger partial charge is 0.469 e. The second-order valence-electron chi connectivity index (χ2n) is 5.48. The maximum Gasteiger partial charge on any atom is 0.307 e. The molecule has 0 saturated heterocycles. The maximum absolute atomic E-state index is 12.2. The predicted octanol–water partition coefficient (Wildman–Crippen LogP) is 2.01. The van der Waals surface area contributed by atoms with Crippen LogP contribution in [0, 0.1) is 0 Å². The first-order chi connectivity index (χ1) is 9.17. The number of sulfonamides is 1. The highest BCUT2D eigenvalue weighted by Gasteiger charge is 2.32. The first-order valence-corrected chi connectivity index (χ1v) is 7.79. The lowest BCUT2D eigenvalue weighted by Crippen LogP contribution is -2.41. The zero-order valence-corrected chi connectivity index (χ0v) is 13.0. The van der Waals surface area contributed by atoms with E-state index in [0.29, 0.717) is 0 Å². The number of methoxy groups -OCH3 is 1. The number of rotatable bonds is 5. The maximum atomic E-state index is 12.2. The van der Waals surface area contributed by atoms with E-state index >= 15 is 0 Å². The highest BCUT2D eigenvalue weighted by Crippen LogP contribution is 2.22. The molecule has 6 heteroatoms. The standard InChI is InChI=1S/C14H21NO4S/c1-14(2,3)20(17,18)15-12(10-13(16)19-4)11-8-6-5-7-9-11/h5-9,12,15H,10H2,1-4H3/t12-/m0/s1. The summed E-state index contributed by atoms with van der Waals surface area (Å²) >= 11 is 0. The van der Waals surface area contributed by atoms with Crippen molar-refractivity contribution in [3.8, 4) is 0 Å². The van der Waals surface area contributed by atoms with E-state index in [9.17, 15) is 13.2 Å². The van der Waals surface area contributed by atoms with Gasteiger partial charge in [-0.2, -0.15) is 0 Å². The molecule has 1 aromatic rings. The summed E-state index contributed by atoms with van der Waals surface area (Å²) < 4.78 is 30.8. The molecule has 0 spiro atoms. The molecular formula is C14H21NO4S. The van der Waals surface area contributed by atoms with Crippen LogP contribution in [0.25, 0.3) is 0 Å². The average molecular weight is 299 g/mol. The van der Waals surface area contributed by atoms with Crippen LogP contribution in [-0.4, -0.2) is 26.2 Å². The van der Waals surface area contributed by atoms with Gasteiger partial charge in [-0.25, -0.2) is 13.1 Å². The van der Waals surface area contributed by atoms with Gasteiger partial charge in [0.25, 0.3) is 0 Å². The molecule has 112 valence electrons. The van der Waals surface area contributed by atoms with Crippen LogP contribution in [0.3, 0.4) is 0 Å². The van der Waals surface area contributed by atoms with Crippen LogP contribution < -0.4 is 4.72 Å². The third-order valence-corrected chi connectivity index (χ3v) is 5.11. The molecule has 1 aromatic carbocycles. The van der Waals surface area contributed by atoms with Gasteiger partial charge in [0.05, 0.1) is 24.3 Å². The topological polar surface area (TPSA) is 72.5 Å². The molecule has 0 heterocycles. The fourth-order valence-corrected chi connectivity index (χ4v) is 2.47. The number of esters is 1. The van der Waals surface area contributed by atoms with Crippen molar-refractivity contribution in [3.05, 3.63) is 35.9 Å². The number of hydrogen-bond donors (Lipinski definition) is 1. The van der Waals surface area contributed by atoms with Gasteiger partial charge in [0.15, 0.2) is 0 Å². The van der Waals surface area contributed by atoms with Gasteiger partial charge in [-0.15, -0.1) is 0 Å². The minimum absolute atomic E-state index is 0.0458. The van der Waals surface area contributed by atoms with E-state index in [2.05, 4.69) is 9.46 Å². The Hall–Kier alpha value is -1.40. The summed E-state index contributed by atoms with van der Waals surface area (Å²) in [6.45, 7) is 4.82. The van der Waals surface area contributed by atoms with Gasteiger partial charge in [0.1, 0.15) is 0 Å². The third kappa shape index (κ3) is 4.31. The van der Waals surface area contributed by atoms with Crippen LogP contribution in [0.1, 0.15) is 38.8 Å². The average Bonchev–Trinajstić information content (AvgIpc) is 2.37. The molecule has 0 radical (unpaired) electrons. The normalized spacial score (nSPS) is 13.8. The number of benzene rings is 1. The Morgan fingerprint density at radius 3 is 2.25 bits per heavy atom. The summed E-state index contributed by atoms with van der Waals surface area (Å²) in [5, 5.41) is 0. The highest BCUT2D eigenvalue weighted by molar-refractivity contribution is 7.90. The Labute approximate surface area is 120 Å². The summed E-state index contributed by atoms with van der Waals surface area (Å²) in [5.74, 6) is -0.463. The number of hydrogen-bond acceptors (Lipinski definition) is 4. The summed E-state index contributed by atoms with van der Waals surface area (Å²) in [6, 6.07) is 8.35. The van der Waals surface area contributed by atoms with Crippen LogP contribution in [0.4, 0.5) is 0 Å². The summed E-state index contributed by atoms with van der Waals surface area (Å²) in [5.41, 5.74) is 0.728. The smallest absolute Gasteiger partial charge is 0.307 e. The van der Waals surface area contributed by atoms with E-state index in [0.717, 1.165) is 5.56 Å². The van der Waals surface area contributed by atoms with Gasteiger partial charge in [0, 0.05) is 0 Å². The van der Waals surface area contributed by atoms with Crippen LogP contribution in [0.15, 0.2) is 30.3 Å². The number of carbonyl (C=O) groups excluding carboxylic acids is 1. The van der Waals surface area contributed by atoms with Gasteiger partial charge >= 0.3 is 5.97 Å². The van der Waals surface area contributed by atoms with Crippen LogP contribution in [-0.2, 0) is 19.6 Å². The number of ether oxygens (including phenoxy) is 1. The second-order valence-corrected chi connectivity index (χ2v) is 7.94. The molecule has 0 aliphatic rings.